The van der Waals surface area contributed by atoms with Crippen molar-refractivity contribution in [1.82, 2.24) is 9.88 Å². The molecule has 1 N–H and O–H groups in total. The van der Waals surface area contributed by atoms with Crippen LogP contribution >= 0.6 is 11.6 Å². The van der Waals surface area contributed by atoms with Gasteiger partial charge in [-0.25, -0.2) is 4.98 Å². The molecule has 1 aliphatic rings. The summed E-state index contributed by atoms with van der Waals surface area (Å²) in [4.78, 5) is 18.4. The maximum atomic E-state index is 12.2. The standard InChI is InChI=1S/C14H20ClN3O/c1-10-5-4-8-18(9-10)11(2)14(19)17-12-6-3-7-16-13(12)15/h3,6-7,10-11H,4-5,8-9H2,1-2H3,(H,17,19)/t10-,11+/m1/s1. The Morgan fingerprint density at radius 1 is 1.63 bits per heavy atom. The van der Waals surface area contributed by atoms with Gasteiger partial charge in [0.1, 0.15) is 0 Å². The molecule has 19 heavy (non-hydrogen) atoms. The number of nitrogens with zero attached hydrogens (tertiary/aromatic N) is 2. The molecule has 104 valence electrons. The Labute approximate surface area is 119 Å². The van der Waals surface area contributed by atoms with Gasteiger partial charge in [-0.1, -0.05) is 18.5 Å². The van der Waals surface area contributed by atoms with Crippen molar-refractivity contribution >= 4 is 23.2 Å². The summed E-state index contributed by atoms with van der Waals surface area (Å²) >= 11 is 5.94. The van der Waals surface area contributed by atoms with E-state index in [-0.39, 0.29) is 11.9 Å². The lowest BCUT2D eigenvalue weighted by Crippen LogP contribution is -2.46. The predicted molar refractivity (Wildman–Crippen MR) is 77.3 cm³/mol. The smallest absolute Gasteiger partial charge is 0.241 e. The van der Waals surface area contributed by atoms with Gasteiger partial charge in [0.25, 0.3) is 0 Å². The lowest BCUT2D eigenvalue weighted by molar-refractivity contribution is -0.121. The number of amides is 1. The maximum Gasteiger partial charge on any atom is 0.241 e. The number of likely N-dealkylation sites (tertiary alicyclic amines) is 1. The molecule has 2 atom stereocenters. The zero-order valence-corrected chi connectivity index (χ0v) is 12.2. The SMILES string of the molecule is C[C@@H]1CCCN([C@@H](C)C(=O)Nc2cccnc2Cl)C1. The summed E-state index contributed by atoms with van der Waals surface area (Å²) in [7, 11) is 0. The van der Waals surface area contributed by atoms with E-state index in [2.05, 4.69) is 22.1 Å². The highest BCUT2D eigenvalue weighted by Gasteiger charge is 2.25. The van der Waals surface area contributed by atoms with Gasteiger partial charge >= 0.3 is 0 Å². The lowest BCUT2D eigenvalue weighted by Gasteiger charge is -2.34. The molecular weight excluding hydrogens is 262 g/mol. The van der Waals surface area contributed by atoms with Crippen LogP contribution in [-0.2, 0) is 4.79 Å². The molecule has 1 aliphatic heterocycles. The van der Waals surface area contributed by atoms with Gasteiger partial charge < -0.3 is 5.32 Å². The highest BCUT2D eigenvalue weighted by molar-refractivity contribution is 6.32. The van der Waals surface area contributed by atoms with Crippen LogP contribution in [0, 0.1) is 5.92 Å². The van der Waals surface area contributed by atoms with Crippen LogP contribution < -0.4 is 5.32 Å². The van der Waals surface area contributed by atoms with Crippen molar-refractivity contribution in [3.63, 3.8) is 0 Å². The molecule has 2 heterocycles. The molecule has 0 radical (unpaired) electrons. The van der Waals surface area contributed by atoms with E-state index >= 15 is 0 Å². The third-order valence-electron chi connectivity index (χ3n) is 3.63. The summed E-state index contributed by atoms with van der Waals surface area (Å²) in [5.41, 5.74) is 0.575. The number of carbonyl (C=O) groups excluding carboxylic acids is 1. The first-order valence-electron chi connectivity index (χ1n) is 6.73. The minimum absolute atomic E-state index is 0.0241. The first-order chi connectivity index (χ1) is 9.08. The fourth-order valence-corrected chi connectivity index (χ4v) is 2.63. The Hall–Kier alpha value is -1.13. The number of hydrogen-bond donors (Lipinski definition) is 1. The first-order valence-corrected chi connectivity index (χ1v) is 7.11. The molecule has 0 spiro atoms. The van der Waals surface area contributed by atoms with Crippen LogP contribution in [0.15, 0.2) is 18.3 Å². The summed E-state index contributed by atoms with van der Waals surface area (Å²) < 4.78 is 0. The Balaban J connectivity index is 1.97. The molecule has 1 aromatic rings. The maximum absolute atomic E-state index is 12.2. The van der Waals surface area contributed by atoms with Crippen LogP contribution in [0.1, 0.15) is 26.7 Å². The van der Waals surface area contributed by atoms with Gasteiger partial charge in [0.05, 0.1) is 11.7 Å². The molecule has 4 nitrogen and oxygen atoms in total. The van der Waals surface area contributed by atoms with E-state index in [1.807, 2.05) is 6.92 Å². The van der Waals surface area contributed by atoms with Crippen molar-refractivity contribution < 1.29 is 4.79 Å². The molecule has 1 amide bonds. The van der Waals surface area contributed by atoms with Crippen molar-refractivity contribution in [1.29, 1.82) is 0 Å². The number of anilines is 1. The normalized spacial score (nSPS) is 21.9. The van der Waals surface area contributed by atoms with E-state index in [0.29, 0.717) is 16.8 Å². The summed E-state index contributed by atoms with van der Waals surface area (Å²) in [5, 5.41) is 3.18. The molecule has 5 heteroatoms. The molecule has 0 saturated carbocycles. The monoisotopic (exact) mass is 281 g/mol. The minimum atomic E-state index is -0.140. The minimum Gasteiger partial charge on any atom is -0.322 e. The van der Waals surface area contributed by atoms with E-state index in [9.17, 15) is 4.79 Å². The molecule has 1 aromatic heterocycles. The Kier molecular flexibility index (Phi) is 4.77. The van der Waals surface area contributed by atoms with Gasteiger partial charge in [0.2, 0.25) is 5.91 Å². The zero-order valence-electron chi connectivity index (χ0n) is 11.4. The van der Waals surface area contributed by atoms with Crippen LogP contribution in [0.3, 0.4) is 0 Å². The Bertz CT molecular complexity index is 452. The fourth-order valence-electron chi connectivity index (χ4n) is 2.46. The van der Waals surface area contributed by atoms with Gasteiger partial charge in [-0.2, -0.15) is 0 Å². The quantitative estimate of drug-likeness (QED) is 0.867. The molecule has 1 fully saturated rings. The number of aromatic nitrogens is 1. The van der Waals surface area contributed by atoms with Crippen molar-refractivity contribution in [2.75, 3.05) is 18.4 Å². The second-order valence-corrected chi connectivity index (χ2v) is 5.61. The van der Waals surface area contributed by atoms with Gasteiger partial charge in [0.15, 0.2) is 5.15 Å². The molecule has 2 rings (SSSR count). The Morgan fingerprint density at radius 2 is 2.42 bits per heavy atom. The van der Waals surface area contributed by atoms with Crippen LogP contribution in [-0.4, -0.2) is 34.9 Å². The number of pyridine rings is 1. The Morgan fingerprint density at radius 3 is 3.11 bits per heavy atom. The van der Waals surface area contributed by atoms with Crippen molar-refractivity contribution in [3.05, 3.63) is 23.5 Å². The topological polar surface area (TPSA) is 45.2 Å². The average Bonchev–Trinajstić information content (AvgIpc) is 2.40. The van der Waals surface area contributed by atoms with Gasteiger partial charge in [-0.05, 0) is 44.4 Å². The summed E-state index contributed by atoms with van der Waals surface area (Å²) in [5.74, 6) is 0.634. The summed E-state index contributed by atoms with van der Waals surface area (Å²) in [6.45, 7) is 6.14. The molecule has 0 aromatic carbocycles. The van der Waals surface area contributed by atoms with E-state index in [4.69, 9.17) is 11.6 Å². The highest BCUT2D eigenvalue weighted by atomic mass is 35.5. The van der Waals surface area contributed by atoms with E-state index < -0.39 is 0 Å². The third kappa shape index (κ3) is 3.67. The largest absolute Gasteiger partial charge is 0.322 e. The molecular formula is C14H20ClN3O. The van der Waals surface area contributed by atoms with Crippen molar-refractivity contribution in [2.24, 2.45) is 5.92 Å². The first kappa shape index (κ1) is 14.3. The zero-order chi connectivity index (χ0) is 13.8. The second-order valence-electron chi connectivity index (χ2n) is 5.25. The van der Waals surface area contributed by atoms with Crippen LogP contribution in [0.2, 0.25) is 5.15 Å². The average molecular weight is 282 g/mol. The van der Waals surface area contributed by atoms with Gasteiger partial charge in [-0.15, -0.1) is 0 Å². The third-order valence-corrected chi connectivity index (χ3v) is 3.93. The summed E-state index contributed by atoms with van der Waals surface area (Å²) in [6.07, 6.45) is 4.01. The lowest BCUT2D eigenvalue weighted by atomic mass is 9.99. The van der Waals surface area contributed by atoms with Crippen LogP contribution in [0.5, 0.6) is 0 Å². The van der Waals surface area contributed by atoms with Gasteiger partial charge in [-0.3, -0.25) is 9.69 Å². The predicted octanol–water partition coefficient (Wildman–Crippen LogP) is 2.79. The highest BCUT2D eigenvalue weighted by Crippen LogP contribution is 2.20. The number of nitrogens with one attached hydrogen (secondary N) is 1. The second kappa shape index (κ2) is 6.35. The number of rotatable bonds is 3. The van der Waals surface area contributed by atoms with Gasteiger partial charge in [0, 0.05) is 12.7 Å². The molecule has 0 bridgehead atoms. The number of halogens is 1. The molecule has 1 saturated heterocycles. The number of piperidine rings is 1. The fraction of sp³-hybridized carbons (Fsp3) is 0.571. The summed E-state index contributed by atoms with van der Waals surface area (Å²) in [6, 6.07) is 3.38. The van der Waals surface area contributed by atoms with Crippen LogP contribution in [0.25, 0.3) is 0 Å². The number of carbonyl (C=O) groups is 1. The molecule has 0 unspecified atom stereocenters. The van der Waals surface area contributed by atoms with Crippen LogP contribution in [0.4, 0.5) is 5.69 Å². The number of hydrogen-bond acceptors (Lipinski definition) is 3. The van der Waals surface area contributed by atoms with E-state index in [1.54, 1.807) is 18.3 Å². The van der Waals surface area contributed by atoms with E-state index in [0.717, 1.165) is 19.5 Å². The van der Waals surface area contributed by atoms with Crippen molar-refractivity contribution in [3.8, 4) is 0 Å². The molecule has 0 aliphatic carbocycles. The van der Waals surface area contributed by atoms with E-state index in [1.165, 1.54) is 6.42 Å². The van der Waals surface area contributed by atoms with Crippen molar-refractivity contribution in [2.45, 2.75) is 32.7 Å².